The molecule has 0 aromatic heterocycles. The maximum absolute atomic E-state index is 10.9. The zero-order valence-electron chi connectivity index (χ0n) is 7.73. The summed E-state index contributed by atoms with van der Waals surface area (Å²) in [5.41, 5.74) is 7.35. The number of aromatic hydroxyl groups is 1. The van der Waals surface area contributed by atoms with Gasteiger partial charge < -0.3 is 15.7 Å². The molecule has 0 bridgehead atoms. The van der Waals surface area contributed by atoms with Crippen molar-refractivity contribution in [1.82, 2.24) is 4.90 Å². The second-order valence-corrected chi connectivity index (χ2v) is 3.46. The molecule has 0 atom stereocenters. The van der Waals surface area contributed by atoms with E-state index >= 15 is 0 Å². The number of phenols is 1. The Morgan fingerprint density at radius 2 is 2.21 bits per heavy atom. The summed E-state index contributed by atoms with van der Waals surface area (Å²) in [5, 5.41) is 9.28. The first-order valence-electron chi connectivity index (χ1n) is 4.52. The van der Waals surface area contributed by atoms with Gasteiger partial charge in [-0.2, -0.15) is 0 Å². The van der Waals surface area contributed by atoms with E-state index in [9.17, 15) is 9.90 Å². The minimum absolute atomic E-state index is 0.232. The molecule has 1 aromatic carbocycles. The van der Waals surface area contributed by atoms with E-state index in [0.29, 0.717) is 13.1 Å². The Bertz CT molecular complexity index is 376. The third-order valence-corrected chi connectivity index (χ3v) is 2.51. The number of urea groups is 1. The van der Waals surface area contributed by atoms with E-state index in [2.05, 4.69) is 0 Å². The van der Waals surface area contributed by atoms with Crippen molar-refractivity contribution in [2.24, 2.45) is 5.73 Å². The standard InChI is InChI=1S/C10H12N2O2/c11-10(14)12-4-3-7-1-2-9(13)5-8(7)6-12/h1-2,5,13H,3-4,6H2,(H2,11,14). The van der Waals surface area contributed by atoms with Gasteiger partial charge in [0.1, 0.15) is 5.75 Å². The van der Waals surface area contributed by atoms with Gasteiger partial charge in [0.25, 0.3) is 0 Å². The smallest absolute Gasteiger partial charge is 0.315 e. The van der Waals surface area contributed by atoms with Crippen LogP contribution in [0.3, 0.4) is 0 Å². The van der Waals surface area contributed by atoms with Crippen LogP contribution in [0.2, 0.25) is 0 Å². The number of primary amides is 1. The van der Waals surface area contributed by atoms with Crippen LogP contribution in [0.15, 0.2) is 18.2 Å². The fraction of sp³-hybridized carbons (Fsp3) is 0.300. The van der Waals surface area contributed by atoms with Gasteiger partial charge in [0.15, 0.2) is 0 Å². The van der Waals surface area contributed by atoms with E-state index < -0.39 is 6.03 Å². The highest BCUT2D eigenvalue weighted by Gasteiger charge is 2.18. The molecule has 4 nitrogen and oxygen atoms in total. The van der Waals surface area contributed by atoms with Crippen molar-refractivity contribution >= 4 is 6.03 Å². The molecule has 1 heterocycles. The molecule has 0 saturated carbocycles. The lowest BCUT2D eigenvalue weighted by Crippen LogP contribution is -2.39. The van der Waals surface area contributed by atoms with E-state index in [1.165, 1.54) is 5.56 Å². The fourth-order valence-corrected chi connectivity index (χ4v) is 1.73. The van der Waals surface area contributed by atoms with Crippen LogP contribution in [0, 0.1) is 0 Å². The number of amides is 2. The summed E-state index contributed by atoms with van der Waals surface area (Å²) in [6.07, 6.45) is 0.804. The van der Waals surface area contributed by atoms with Crippen LogP contribution in [0.4, 0.5) is 4.79 Å². The van der Waals surface area contributed by atoms with Gasteiger partial charge in [-0.05, 0) is 29.7 Å². The van der Waals surface area contributed by atoms with Crippen LogP contribution in [-0.4, -0.2) is 22.6 Å². The number of rotatable bonds is 0. The molecule has 0 unspecified atom stereocenters. The highest BCUT2D eigenvalue weighted by molar-refractivity contribution is 5.72. The molecule has 0 spiro atoms. The predicted molar refractivity (Wildman–Crippen MR) is 51.8 cm³/mol. The van der Waals surface area contributed by atoms with Crippen LogP contribution in [-0.2, 0) is 13.0 Å². The van der Waals surface area contributed by atoms with Crippen LogP contribution >= 0.6 is 0 Å². The summed E-state index contributed by atoms with van der Waals surface area (Å²) in [6.45, 7) is 1.16. The number of phenolic OH excluding ortho intramolecular Hbond substituents is 1. The number of carbonyl (C=O) groups excluding carboxylic acids is 1. The summed E-state index contributed by atoms with van der Waals surface area (Å²) in [5.74, 6) is 0.232. The van der Waals surface area contributed by atoms with Gasteiger partial charge in [0.05, 0.1) is 0 Å². The average Bonchev–Trinajstić information content (AvgIpc) is 2.16. The summed E-state index contributed by atoms with van der Waals surface area (Å²) in [6, 6.07) is 4.84. The average molecular weight is 192 g/mol. The molecule has 1 aliphatic rings. The van der Waals surface area contributed by atoms with Crippen molar-refractivity contribution in [3.63, 3.8) is 0 Å². The van der Waals surface area contributed by atoms with Crippen LogP contribution in [0.5, 0.6) is 5.75 Å². The Morgan fingerprint density at radius 1 is 1.43 bits per heavy atom. The Hall–Kier alpha value is -1.71. The maximum atomic E-state index is 10.9. The zero-order chi connectivity index (χ0) is 10.1. The lowest BCUT2D eigenvalue weighted by atomic mass is 10.00. The van der Waals surface area contributed by atoms with Crippen molar-refractivity contribution < 1.29 is 9.90 Å². The number of nitrogens with zero attached hydrogens (tertiary/aromatic N) is 1. The highest BCUT2D eigenvalue weighted by Crippen LogP contribution is 2.22. The number of fused-ring (bicyclic) bond motifs is 1. The van der Waals surface area contributed by atoms with Crippen LogP contribution < -0.4 is 5.73 Å². The first-order chi connectivity index (χ1) is 6.66. The first kappa shape index (κ1) is 8.87. The van der Waals surface area contributed by atoms with Gasteiger partial charge in [-0.25, -0.2) is 4.79 Å². The van der Waals surface area contributed by atoms with Crippen molar-refractivity contribution in [3.05, 3.63) is 29.3 Å². The van der Waals surface area contributed by atoms with Gasteiger partial charge in [0, 0.05) is 13.1 Å². The summed E-state index contributed by atoms with van der Waals surface area (Å²) in [7, 11) is 0. The third-order valence-electron chi connectivity index (χ3n) is 2.51. The molecule has 1 aliphatic heterocycles. The van der Waals surface area contributed by atoms with Gasteiger partial charge >= 0.3 is 6.03 Å². The summed E-state index contributed by atoms with van der Waals surface area (Å²) < 4.78 is 0. The number of nitrogens with two attached hydrogens (primary N) is 1. The SMILES string of the molecule is NC(=O)N1CCc2ccc(O)cc2C1. The zero-order valence-corrected chi connectivity index (χ0v) is 7.73. The Kier molecular flexibility index (Phi) is 2.04. The minimum Gasteiger partial charge on any atom is -0.508 e. The Morgan fingerprint density at radius 3 is 2.93 bits per heavy atom. The molecule has 1 aromatic rings. The Labute approximate surface area is 81.9 Å². The summed E-state index contributed by atoms with van der Waals surface area (Å²) >= 11 is 0. The van der Waals surface area contributed by atoms with Gasteiger partial charge in [0.2, 0.25) is 0 Å². The van der Waals surface area contributed by atoms with Crippen molar-refractivity contribution in [3.8, 4) is 5.75 Å². The number of benzene rings is 1. The Balaban J connectivity index is 2.29. The van der Waals surface area contributed by atoms with Crippen molar-refractivity contribution in [2.45, 2.75) is 13.0 Å². The normalized spacial score (nSPS) is 15.0. The molecular formula is C10H12N2O2. The number of hydrogen-bond donors (Lipinski definition) is 2. The molecule has 0 saturated heterocycles. The molecule has 0 radical (unpaired) electrons. The first-order valence-corrected chi connectivity index (χ1v) is 4.52. The second-order valence-electron chi connectivity index (χ2n) is 3.46. The van der Waals surface area contributed by atoms with E-state index in [0.717, 1.165) is 12.0 Å². The van der Waals surface area contributed by atoms with Gasteiger partial charge in [-0.15, -0.1) is 0 Å². The molecular weight excluding hydrogens is 180 g/mol. The van der Waals surface area contributed by atoms with Crippen molar-refractivity contribution in [2.75, 3.05) is 6.54 Å². The largest absolute Gasteiger partial charge is 0.508 e. The molecule has 74 valence electrons. The molecule has 0 fully saturated rings. The van der Waals surface area contributed by atoms with Crippen LogP contribution in [0.25, 0.3) is 0 Å². The third kappa shape index (κ3) is 1.51. The lowest BCUT2D eigenvalue weighted by molar-refractivity contribution is 0.202. The highest BCUT2D eigenvalue weighted by atomic mass is 16.3. The van der Waals surface area contributed by atoms with Crippen molar-refractivity contribution in [1.29, 1.82) is 0 Å². The molecule has 14 heavy (non-hydrogen) atoms. The topological polar surface area (TPSA) is 66.6 Å². The van der Waals surface area contributed by atoms with Gasteiger partial charge in [-0.1, -0.05) is 6.07 Å². The van der Waals surface area contributed by atoms with E-state index in [-0.39, 0.29) is 5.75 Å². The number of carbonyl (C=O) groups is 1. The number of hydrogen-bond acceptors (Lipinski definition) is 2. The minimum atomic E-state index is -0.404. The van der Waals surface area contributed by atoms with E-state index in [4.69, 9.17) is 5.73 Å². The maximum Gasteiger partial charge on any atom is 0.315 e. The molecule has 4 heteroatoms. The summed E-state index contributed by atoms with van der Waals surface area (Å²) in [4.78, 5) is 12.5. The lowest BCUT2D eigenvalue weighted by Gasteiger charge is -2.27. The molecule has 3 N–H and O–H groups in total. The molecule has 2 amide bonds. The fourth-order valence-electron chi connectivity index (χ4n) is 1.73. The monoisotopic (exact) mass is 192 g/mol. The predicted octanol–water partition coefficient (Wildman–Crippen LogP) is 0.829. The second kappa shape index (κ2) is 3.21. The quantitative estimate of drug-likeness (QED) is 0.639. The van der Waals surface area contributed by atoms with E-state index in [1.54, 1.807) is 17.0 Å². The molecule has 0 aliphatic carbocycles. The van der Waals surface area contributed by atoms with Crippen LogP contribution in [0.1, 0.15) is 11.1 Å². The van der Waals surface area contributed by atoms with Gasteiger partial charge in [-0.3, -0.25) is 0 Å². The van der Waals surface area contributed by atoms with E-state index in [1.807, 2.05) is 6.07 Å². The molecule has 2 rings (SSSR count).